The molecule has 0 saturated carbocycles. The number of ether oxygens (including phenoxy) is 2. The first kappa shape index (κ1) is 14.7. The molecule has 0 spiro atoms. The van der Waals surface area contributed by atoms with Gasteiger partial charge in [0.05, 0.1) is 18.2 Å². The monoisotopic (exact) mass is 294 g/mol. The Morgan fingerprint density at radius 3 is 2.76 bits per heavy atom. The van der Waals surface area contributed by atoms with E-state index in [0.29, 0.717) is 17.5 Å². The molecule has 1 aromatic heterocycles. The number of nitrogens with zero attached hydrogens (tertiary/aromatic N) is 1. The number of anilines is 1. The summed E-state index contributed by atoms with van der Waals surface area (Å²) in [6, 6.07) is 4.75. The molecule has 21 heavy (non-hydrogen) atoms. The Morgan fingerprint density at radius 1 is 1.33 bits per heavy atom. The predicted molar refractivity (Wildman–Crippen MR) is 70.7 cm³/mol. The van der Waals surface area contributed by atoms with Crippen LogP contribution in [0.2, 0.25) is 0 Å². The second kappa shape index (κ2) is 6.17. The van der Waals surface area contributed by atoms with Crippen LogP contribution in [0.3, 0.4) is 0 Å². The SMILES string of the molecule is COc1ncccc1COC(=O)c1cc(F)c(F)cc1N. The zero-order valence-corrected chi connectivity index (χ0v) is 11.1. The number of esters is 1. The van der Waals surface area contributed by atoms with Crippen molar-refractivity contribution in [3.63, 3.8) is 0 Å². The third kappa shape index (κ3) is 3.25. The number of pyridine rings is 1. The van der Waals surface area contributed by atoms with Crippen LogP contribution >= 0.6 is 0 Å². The maximum absolute atomic E-state index is 13.1. The van der Waals surface area contributed by atoms with Gasteiger partial charge in [0, 0.05) is 18.0 Å². The third-order valence-corrected chi connectivity index (χ3v) is 2.71. The van der Waals surface area contributed by atoms with Crippen LogP contribution in [0.25, 0.3) is 0 Å². The average Bonchev–Trinajstić information content (AvgIpc) is 2.48. The van der Waals surface area contributed by atoms with Gasteiger partial charge in [-0.1, -0.05) is 0 Å². The highest BCUT2D eigenvalue weighted by Crippen LogP contribution is 2.20. The van der Waals surface area contributed by atoms with Crippen LogP contribution in [-0.2, 0) is 11.3 Å². The molecule has 0 aliphatic rings. The molecule has 2 aromatic rings. The summed E-state index contributed by atoms with van der Waals surface area (Å²) in [6.45, 7) is -0.131. The average molecular weight is 294 g/mol. The predicted octanol–water partition coefficient (Wildman–Crippen LogP) is 2.31. The molecule has 0 aliphatic heterocycles. The maximum atomic E-state index is 13.1. The van der Waals surface area contributed by atoms with E-state index in [1.807, 2.05) is 0 Å². The Morgan fingerprint density at radius 2 is 2.05 bits per heavy atom. The fourth-order valence-electron chi connectivity index (χ4n) is 1.68. The lowest BCUT2D eigenvalue weighted by molar-refractivity contribution is 0.0470. The molecule has 0 amide bonds. The quantitative estimate of drug-likeness (QED) is 0.692. The zero-order chi connectivity index (χ0) is 15.4. The number of halogens is 2. The van der Waals surface area contributed by atoms with E-state index in [1.54, 1.807) is 12.1 Å². The first-order valence-electron chi connectivity index (χ1n) is 5.92. The van der Waals surface area contributed by atoms with E-state index in [-0.39, 0.29) is 17.9 Å². The van der Waals surface area contributed by atoms with E-state index in [2.05, 4.69) is 4.98 Å². The van der Waals surface area contributed by atoms with E-state index in [4.69, 9.17) is 15.2 Å². The molecule has 1 heterocycles. The van der Waals surface area contributed by atoms with E-state index in [9.17, 15) is 13.6 Å². The van der Waals surface area contributed by atoms with E-state index in [0.717, 1.165) is 6.07 Å². The molecule has 0 radical (unpaired) electrons. The third-order valence-electron chi connectivity index (χ3n) is 2.71. The lowest BCUT2D eigenvalue weighted by atomic mass is 10.1. The van der Waals surface area contributed by atoms with Crippen LogP contribution < -0.4 is 10.5 Å². The largest absolute Gasteiger partial charge is 0.481 e. The molecule has 1 aromatic carbocycles. The van der Waals surface area contributed by atoms with Crippen LogP contribution in [0, 0.1) is 11.6 Å². The molecular weight excluding hydrogens is 282 g/mol. The van der Waals surface area contributed by atoms with Gasteiger partial charge in [0.1, 0.15) is 6.61 Å². The Kier molecular flexibility index (Phi) is 4.32. The molecule has 0 atom stereocenters. The second-order valence-electron chi connectivity index (χ2n) is 4.10. The maximum Gasteiger partial charge on any atom is 0.340 e. The minimum absolute atomic E-state index is 0.131. The number of hydrogen-bond acceptors (Lipinski definition) is 5. The van der Waals surface area contributed by atoms with Gasteiger partial charge in [-0.2, -0.15) is 0 Å². The molecule has 0 fully saturated rings. The molecule has 2 N–H and O–H groups in total. The fraction of sp³-hybridized carbons (Fsp3) is 0.143. The van der Waals surface area contributed by atoms with Crippen LogP contribution in [0.5, 0.6) is 5.88 Å². The summed E-state index contributed by atoms with van der Waals surface area (Å²) >= 11 is 0. The van der Waals surface area contributed by atoms with Gasteiger partial charge in [-0.25, -0.2) is 18.6 Å². The molecule has 2 rings (SSSR count). The number of nitrogens with two attached hydrogens (primary N) is 1. The van der Waals surface area contributed by atoms with Gasteiger partial charge in [0.25, 0.3) is 0 Å². The summed E-state index contributed by atoms with van der Waals surface area (Å²) < 4.78 is 36.1. The number of hydrogen-bond donors (Lipinski definition) is 1. The molecule has 7 heteroatoms. The van der Waals surface area contributed by atoms with Gasteiger partial charge in [-0.3, -0.25) is 0 Å². The van der Waals surface area contributed by atoms with Crippen molar-refractivity contribution in [2.24, 2.45) is 0 Å². The Labute approximate surface area is 119 Å². The summed E-state index contributed by atoms with van der Waals surface area (Å²) in [5, 5.41) is 0. The van der Waals surface area contributed by atoms with Gasteiger partial charge < -0.3 is 15.2 Å². The summed E-state index contributed by atoms with van der Waals surface area (Å²) in [4.78, 5) is 15.8. The number of benzene rings is 1. The minimum Gasteiger partial charge on any atom is -0.481 e. The summed E-state index contributed by atoms with van der Waals surface area (Å²) in [5.74, 6) is -2.85. The molecular formula is C14H12F2N2O3. The standard InChI is InChI=1S/C14H12F2N2O3/c1-20-13-8(3-2-4-18-13)7-21-14(19)9-5-10(15)11(16)6-12(9)17/h2-6H,7,17H2,1H3. The summed E-state index contributed by atoms with van der Waals surface area (Å²) in [6.07, 6.45) is 1.53. The first-order chi connectivity index (χ1) is 10.0. The minimum atomic E-state index is -1.17. The number of carbonyl (C=O) groups is 1. The van der Waals surface area contributed by atoms with Crippen LogP contribution in [0.4, 0.5) is 14.5 Å². The van der Waals surface area contributed by atoms with E-state index in [1.165, 1.54) is 13.3 Å². The highest BCUT2D eigenvalue weighted by Gasteiger charge is 2.16. The van der Waals surface area contributed by atoms with Gasteiger partial charge >= 0.3 is 5.97 Å². The summed E-state index contributed by atoms with van der Waals surface area (Å²) in [5.41, 5.74) is 5.57. The highest BCUT2D eigenvalue weighted by atomic mass is 19.2. The van der Waals surface area contributed by atoms with Crippen LogP contribution in [0.1, 0.15) is 15.9 Å². The van der Waals surface area contributed by atoms with Crippen molar-refractivity contribution in [1.29, 1.82) is 0 Å². The van der Waals surface area contributed by atoms with Crippen molar-refractivity contribution in [2.75, 3.05) is 12.8 Å². The molecule has 5 nitrogen and oxygen atoms in total. The Balaban J connectivity index is 2.14. The number of carbonyl (C=O) groups excluding carboxylic acids is 1. The molecule has 0 saturated heterocycles. The Bertz CT molecular complexity index is 677. The van der Waals surface area contributed by atoms with Crippen molar-refractivity contribution in [2.45, 2.75) is 6.61 Å². The zero-order valence-electron chi connectivity index (χ0n) is 11.1. The summed E-state index contributed by atoms with van der Waals surface area (Å²) in [7, 11) is 1.43. The van der Waals surface area contributed by atoms with Crippen molar-refractivity contribution in [3.8, 4) is 5.88 Å². The number of rotatable bonds is 4. The van der Waals surface area contributed by atoms with Gasteiger partial charge in [0.15, 0.2) is 11.6 Å². The van der Waals surface area contributed by atoms with Gasteiger partial charge in [-0.05, 0) is 18.2 Å². The molecule has 110 valence electrons. The van der Waals surface area contributed by atoms with E-state index < -0.39 is 17.6 Å². The number of nitrogen functional groups attached to an aromatic ring is 1. The first-order valence-corrected chi connectivity index (χ1v) is 5.92. The van der Waals surface area contributed by atoms with Crippen molar-refractivity contribution >= 4 is 11.7 Å². The fourth-order valence-corrected chi connectivity index (χ4v) is 1.68. The lowest BCUT2D eigenvalue weighted by Crippen LogP contribution is -2.10. The number of aromatic nitrogens is 1. The second-order valence-corrected chi connectivity index (χ2v) is 4.10. The van der Waals surface area contributed by atoms with Gasteiger partial charge in [0.2, 0.25) is 5.88 Å². The molecule has 0 aliphatic carbocycles. The smallest absolute Gasteiger partial charge is 0.340 e. The van der Waals surface area contributed by atoms with Gasteiger partial charge in [-0.15, -0.1) is 0 Å². The molecule has 0 bridgehead atoms. The van der Waals surface area contributed by atoms with Crippen molar-refractivity contribution in [1.82, 2.24) is 4.98 Å². The van der Waals surface area contributed by atoms with Crippen molar-refractivity contribution in [3.05, 3.63) is 53.2 Å². The van der Waals surface area contributed by atoms with Crippen LogP contribution in [0.15, 0.2) is 30.5 Å². The highest BCUT2D eigenvalue weighted by molar-refractivity contribution is 5.95. The molecule has 0 unspecified atom stereocenters. The van der Waals surface area contributed by atoms with Crippen LogP contribution in [-0.4, -0.2) is 18.1 Å². The Hall–Kier alpha value is -2.70. The van der Waals surface area contributed by atoms with Crippen molar-refractivity contribution < 1.29 is 23.0 Å². The lowest BCUT2D eigenvalue weighted by Gasteiger charge is -2.09. The normalized spacial score (nSPS) is 10.2. The number of methoxy groups -OCH3 is 1. The van der Waals surface area contributed by atoms with E-state index >= 15 is 0 Å². The topological polar surface area (TPSA) is 74.4 Å².